The van der Waals surface area contributed by atoms with Crippen LogP contribution in [-0.2, 0) is 0 Å². The van der Waals surface area contributed by atoms with Crippen molar-refractivity contribution in [1.82, 2.24) is 4.98 Å². The van der Waals surface area contributed by atoms with Gasteiger partial charge in [-0.15, -0.1) is 0 Å². The predicted molar refractivity (Wildman–Crippen MR) is 66.0 cm³/mol. The maximum atomic E-state index is 10.6. The van der Waals surface area contributed by atoms with E-state index in [1.807, 2.05) is 0 Å². The van der Waals surface area contributed by atoms with Crippen LogP contribution in [0.25, 0.3) is 0 Å². The molecule has 1 aromatic rings. The largest absolute Gasteiger partial charge is 0.369 e. The summed E-state index contributed by atoms with van der Waals surface area (Å²) in [6, 6.07) is 2.89. The molecule has 0 unspecified atom stereocenters. The molecule has 0 amide bonds. The van der Waals surface area contributed by atoms with Gasteiger partial charge in [-0.2, -0.15) is 0 Å². The van der Waals surface area contributed by atoms with Crippen LogP contribution in [0.2, 0.25) is 0 Å². The molecule has 0 radical (unpaired) electrons. The first-order valence-corrected chi connectivity index (χ1v) is 5.93. The first kappa shape index (κ1) is 11.8. The highest BCUT2D eigenvalue weighted by molar-refractivity contribution is 5.44. The molecule has 1 N–H and O–H groups in total. The van der Waals surface area contributed by atoms with Crippen LogP contribution in [0, 0.1) is 15.5 Å². The summed E-state index contributed by atoms with van der Waals surface area (Å²) in [4.78, 5) is 14.3. The highest BCUT2D eigenvalue weighted by atomic mass is 16.6. The van der Waals surface area contributed by atoms with Gasteiger partial charge in [-0.25, -0.2) is 4.98 Å². The lowest BCUT2D eigenvalue weighted by Gasteiger charge is -2.23. The van der Waals surface area contributed by atoms with Crippen molar-refractivity contribution >= 4 is 11.5 Å². The van der Waals surface area contributed by atoms with Gasteiger partial charge >= 0.3 is 0 Å². The predicted octanol–water partition coefficient (Wildman–Crippen LogP) is 2.98. The van der Waals surface area contributed by atoms with E-state index < -0.39 is 4.92 Å². The van der Waals surface area contributed by atoms with Crippen LogP contribution in [0.5, 0.6) is 0 Å². The molecule has 5 nitrogen and oxygen atoms in total. The first-order valence-electron chi connectivity index (χ1n) is 5.93. The number of nitrogens with zero attached hydrogens (tertiary/aromatic N) is 2. The minimum absolute atomic E-state index is 0.0825. The highest BCUT2D eigenvalue weighted by Gasteiger charge is 2.28. The topological polar surface area (TPSA) is 68.1 Å². The Morgan fingerprint density at radius 3 is 2.88 bits per heavy atom. The van der Waals surface area contributed by atoms with Crippen LogP contribution >= 0.6 is 0 Å². The SMILES string of the molecule is CC1(CNc2cc([N+](=O)[O-])ccn2)CCCC1. The van der Waals surface area contributed by atoms with Crippen LogP contribution in [0.4, 0.5) is 11.5 Å². The molecule has 5 heteroatoms. The molecule has 17 heavy (non-hydrogen) atoms. The van der Waals surface area contributed by atoms with E-state index in [1.54, 1.807) is 0 Å². The molecule has 0 aromatic carbocycles. The summed E-state index contributed by atoms with van der Waals surface area (Å²) in [5.74, 6) is 0.590. The summed E-state index contributed by atoms with van der Waals surface area (Å²) in [6.45, 7) is 3.09. The fourth-order valence-corrected chi connectivity index (χ4v) is 2.34. The normalized spacial score (nSPS) is 17.9. The number of hydrogen-bond acceptors (Lipinski definition) is 4. The second-order valence-electron chi connectivity index (χ2n) is 5.03. The Labute approximate surface area is 100 Å². The van der Waals surface area contributed by atoms with E-state index in [-0.39, 0.29) is 5.69 Å². The summed E-state index contributed by atoms with van der Waals surface area (Å²) in [6.07, 6.45) is 6.46. The van der Waals surface area contributed by atoms with Gasteiger partial charge in [-0.3, -0.25) is 10.1 Å². The van der Waals surface area contributed by atoms with Crippen molar-refractivity contribution in [2.24, 2.45) is 5.41 Å². The molecule has 1 saturated carbocycles. The molecule has 0 bridgehead atoms. The van der Waals surface area contributed by atoms with Gasteiger partial charge in [-0.1, -0.05) is 19.8 Å². The fourth-order valence-electron chi connectivity index (χ4n) is 2.34. The van der Waals surface area contributed by atoms with Crippen LogP contribution in [0.3, 0.4) is 0 Å². The second kappa shape index (κ2) is 4.69. The third kappa shape index (κ3) is 2.93. The molecule has 0 aliphatic heterocycles. The lowest BCUT2D eigenvalue weighted by atomic mass is 9.89. The average molecular weight is 235 g/mol. The van der Waals surface area contributed by atoms with Gasteiger partial charge in [0.2, 0.25) is 0 Å². The van der Waals surface area contributed by atoms with E-state index in [0.29, 0.717) is 11.2 Å². The van der Waals surface area contributed by atoms with Gasteiger partial charge in [0, 0.05) is 18.8 Å². The Morgan fingerprint density at radius 2 is 2.24 bits per heavy atom. The highest BCUT2D eigenvalue weighted by Crippen LogP contribution is 2.37. The molecule has 0 spiro atoms. The maximum absolute atomic E-state index is 10.6. The molecule has 1 aliphatic rings. The average Bonchev–Trinajstić information content (AvgIpc) is 2.75. The summed E-state index contributed by atoms with van der Waals surface area (Å²) < 4.78 is 0. The van der Waals surface area contributed by atoms with Crippen molar-refractivity contribution in [2.45, 2.75) is 32.6 Å². The second-order valence-corrected chi connectivity index (χ2v) is 5.03. The molecule has 2 rings (SSSR count). The summed E-state index contributed by atoms with van der Waals surface area (Å²) >= 11 is 0. The Hall–Kier alpha value is -1.65. The molecule has 1 heterocycles. The Morgan fingerprint density at radius 1 is 1.53 bits per heavy atom. The van der Waals surface area contributed by atoms with Crippen molar-refractivity contribution in [3.05, 3.63) is 28.4 Å². The van der Waals surface area contributed by atoms with Gasteiger partial charge in [0.15, 0.2) is 0 Å². The standard InChI is InChI=1S/C12H17N3O2/c1-12(5-2-3-6-12)9-14-11-8-10(15(16)17)4-7-13-11/h4,7-8H,2-3,5-6,9H2,1H3,(H,13,14). The van der Waals surface area contributed by atoms with Crippen LogP contribution in [-0.4, -0.2) is 16.5 Å². The molecule has 1 fully saturated rings. The molecule has 0 atom stereocenters. The number of nitrogens with one attached hydrogen (secondary N) is 1. The summed E-state index contributed by atoms with van der Waals surface area (Å²) in [5, 5.41) is 13.8. The van der Waals surface area contributed by atoms with Crippen molar-refractivity contribution in [1.29, 1.82) is 0 Å². The van der Waals surface area contributed by atoms with E-state index in [9.17, 15) is 10.1 Å². The minimum atomic E-state index is -0.399. The Kier molecular flexibility index (Phi) is 3.26. The third-order valence-corrected chi connectivity index (χ3v) is 3.46. The lowest BCUT2D eigenvalue weighted by molar-refractivity contribution is -0.384. The van der Waals surface area contributed by atoms with Gasteiger partial charge < -0.3 is 5.32 Å². The Bertz CT molecular complexity index is 414. The van der Waals surface area contributed by atoms with Crippen LogP contribution in [0.1, 0.15) is 32.6 Å². The minimum Gasteiger partial charge on any atom is -0.369 e. The molecule has 0 saturated heterocycles. The van der Waals surface area contributed by atoms with Crippen molar-refractivity contribution in [2.75, 3.05) is 11.9 Å². The van der Waals surface area contributed by atoms with Crippen LogP contribution in [0.15, 0.2) is 18.3 Å². The van der Waals surface area contributed by atoms with E-state index in [1.165, 1.54) is 44.0 Å². The quantitative estimate of drug-likeness (QED) is 0.643. The number of nitro groups is 1. The summed E-state index contributed by atoms with van der Waals surface area (Å²) in [5.41, 5.74) is 0.394. The number of aromatic nitrogens is 1. The van der Waals surface area contributed by atoms with Crippen molar-refractivity contribution < 1.29 is 4.92 Å². The fraction of sp³-hybridized carbons (Fsp3) is 0.583. The van der Waals surface area contributed by atoms with E-state index >= 15 is 0 Å². The molecule has 92 valence electrons. The zero-order chi connectivity index (χ0) is 12.3. The van der Waals surface area contributed by atoms with Gasteiger partial charge in [0.25, 0.3) is 5.69 Å². The monoisotopic (exact) mass is 235 g/mol. The Balaban J connectivity index is 1.99. The van der Waals surface area contributed by atoms with Crippen molar-refractivity contribution in [3.63, 3.8) is 0 Å². The van der Waals surface area contributed by atoms with E-state index in [2.05, 4.69) is 17.2 Å². The smallest absolute Gasteiger partial charge is 0.274 e. The molecule has 1 aromatic heterocycles. The number of rotatable bonds is 4. The zero-order valence-corrected chi connectivity index (χ0v) is 9.98. The van der Waals surface area contributed by atoms with E-state index in [4.69, 9.17) is 0 Å². The van der Waals surface area contributed by atoms with Crippen LogP contribution < -0.4 is 5.32 Å². The van der Waals surface area contributed by atoms with E-state index in [0.717, 1.165) is 6.54 Å². The number of pyridine rings is 1. The maximum Gasteiger partial charge on any atom is 0.274 e. The number of anilines is 1. The summed E-state index contributed by atoms with van der Waals surface area (Å²) in [7, 11) is 0. The lowest BCUT2D eigenvalue weighted by Crippen LogP contribution is -2.23. The van der Waals surface area contributed by atoms with Gasteiger partial charge in [-0.05, 0) is 18.3 Å². The molecule has 1 aliphatic carbocycles. The number of hydrogen-bond donors (Lipinski definition) is 1. The first-order chi connectivity index (χ1) is 8.09. The van der Waals surface area contributed by atoms with Gasteiger partial charge in [0.05, 0.1) is 11.0 Å². The zero-order valence-electron chi connectivity index (χ0n) is 9.98. The van der Waals surface area contributed by atoms with Crippen molar-refractivity contribution in [3.8, 4) is 0 Å². The molecular weight excluding hydrogens is 218 g/mol. The van der Waals surface area contributed by atoms with Gasteiger partial charge in [0.1, 0.15) is 5.82 Å². The molecular formula is C12H17N3O2. The third-order valence-electron chi connectivity index (χ3n) is 3.46.